The van der Waals surface area contributed by atoms with Gasteiger partial charge in [-0.1, -0.05) is 12.1 Å². The van der Waals surface area contributed by atoms with Crippen molar-refractivity contribution in [3.8, 4) is 0 Å². The smallest absolute Gasteiger partial charge is 0.306 e. The van der Waals surface area contributed by atoms with E-state index in [1.165, 1.54) is 6.42 Å². The van der Waals surface area contributed by atoms with Crippen LogP contribution in [-0.2, 0) is 16.0 Å². The molecule has 0 saturated heterocycles. The summed E-state index contributed by atoms with van der Waals surface area (Å²) >= 11 is 0. The molecule has 2 N–H and O–H groups in total. The van der Waals surface area contributed by atoms with Gasteiger partial charge in [0.25, 0.3) is 0 Å². The number of ether oxygens (including phenoxy) is 1. The average molecular weight is 219 g/mol. The summed E-state index contributed by atoms with van der Waals surface area (Å²) in [5, 5.41) is 0. The van der Waals surface area contributed by atoms with Crippen molar-refractivity contribution in [2.75, 3.05) is 5.73 Å². The molecule has 1 aromatic carbocycles. The minimum atomic E-state index is -0.0906. The molecule has 0 heterocycles. The molecule has 0 aromatic heterocycles. The number of esters is 1. The molecule has 1 aliphatic rings. The Morgan fingerprint density at radius 1 is 1.44 bits per heavy atom. The van der Waals surface area contributed by atoms with Crippen LogP contribution < -0.4 is 5.73 Å². The third kappa shape index (κ3) is 2.99. The first-order chi connectivity index (χ1) is 7.74. The fourth-order valence-corrected chi connectivity index (χ4v) is 1.73. The molecule has 0 aliphatic heterocycles. The topological polar surface area (TPSA) is 52.3 Å². The van der Waals surface area contributed by atoms with Crippen molar-refractivity contribution in [1.82, 2.24) is 0 Å². The molecule has 3 nitrogen and oxygen atoms in total. The highest BCUT2D eigenvalue weighted by Crippen LogP contribution is 2.22. The largest absolute Gasteiger partial charge is 0.462 e. The lowest BCUT2D eigenvalue weighted by atomic mass is 9.96. The summed E-state index contributed by atoms with van der Waals surface area (Å²) < 4.78 is 5.27. The monoisotopic (exact) mass is 219 g/mol. The lowest BCUT2D eigenvalue weighted by Crippen LogP contribution is -2.25. The fourth-order valence-electron chi connectivity index (χ4n) is 1.73. The van der Waals surface area contributed by atoms with Gasteiger partial charge in [0, 0.05) is 12.1 Å². The molecular weight excluding hydrogens is 202 g/mol. The molecule has 1 aliphatic carbocycles. The zero-order valence-corrected chi connectivity index (χ0v) is 9.32. The zero-order valence-electron chi connectivity index (χ0n) is 9.32. The first kappa shape index (κ1) is 11.0. The van der Waals surface area contributed by atoms with Gasteiger partial charge in [0.15, 0.2) is 0 Å². The molecule has 0 unspecified atom stereocenters. The molecule has 1 saturated carbocycles. The average Bonchev–Trinajstić information content (AvgIpc) is 2.21. The molecule has 3 heteroatoms. The second kappa shape index (κ2) is 5.01. The van der Waals surface area contributed by atoms with Crippen molar-refractivity contribution in [3.63, 3.8) is 0 Å². The van der Waals surface area contributed by atoms with E-state index >= 15 is 0 Å². The molecule has 1 fully saturated rings. The Labute approximate surface area is 95.6 Å². The van der Waals surface area contributed by atoms with E-state index in [0.717, 1.165) is 24.1 Å². The van der Waals surface area contributed by atoms with Crippen LogP contribution >= 0.6 is 0 Å². The van der Waals surface area contributed by atoms with Crippen LogP contribution in [-0.4, -0.2) is 12.1 Å². The van der Waals surface area contributed by atoms with Crippen LogP contribution in [0.5, 0.6) is 0 Å². The molecule has 86 valence electrons. The Kier molecular flexibility index (Phi) is 3.44. The summed E-state index contributed by atoms with van der Waals surface area (Å²) in [6.07, 6.45) is 4.59. The van der Waals surface area contributed by atoms with Crippen molar-refractivity contribution < 1.29 is 9.53 Å². The maximum Gasteiger partial charge on any atom is 0.306 e. The summed E-state index contributed by atoms with van der Waals surface area (Å²) in [5.41, 5.74) is 7.49. The lowest BCUT2D eigenvalue weighted by molar-refractivity contribution is -0.152. The number of hydrogen-bond acceptors (Lipinski definition) is 3. The Balaban J connectivity index is 1.75. The standard InChI is InChI=1S/C13H17NO2/c14-11-4-1-3-10(9-11)7-8-13(15)16-12-5-2-6-12/h1,3-4,9,12H,2,5-8,14H2. The van der Waals surface area contributed by atoms with Crippen molar-refractivity contribution in [3.05, 3.63) is 29.8 Å². The first-order valence-electron chi connectivity index (χ1n) is 5.78. The van der Waals surface area contributed by atoms with Gasteiger partial charge in [0.2, 0.25) is 0 Å². The van der Waals surface area contributed by atoms with Gasteiger partial charge < -0.3 is 10.5 Å². The molecular formula is C13H17NO2. The molecule has 0 atom stereocenters. The number of nitrogens with two attached hydrogens (primary N) is 1. The summed E-state index contributed by atoms with van der Waals surface area (Å²) in [4.78, 5) is 11.5. The number of carbonyl (C=O) groups is 1. The Morgan fingerprint density at radius 3 is 2.88 bits per heavy atom. The van der Waals surface area contributed by atoms with Crippen molar-refractivity contribution >= 4 is 11.7 Å². The summed E-state index contributed by atoms with van der Waals surface area (Å²) in [6, 6.07) is 7.63. The summed E-state index contributed by atoms with van der Waals surface area (Å²) in [5.74, 6) is -0.0906. The normalized spacial score (nSPS) is 15.5. The van der Waals surface area contributed by atoms with E-state index < -0.39 is 0 Å². The SMILES string of the molecule is Nc1cccc(CCC(=O)OC2CCC2)c1. The number of aryl methyl sites for hydroxylation is 1. The van der Waals surface area contributed by atoms with Gasteiger partial charge >= 0.3 is 5.97 Å². The Morgan fingerprint density at radius 2 is 2.25 bits per heavy atom. The fraction of sp³-hybridized carbons (Fsp3) is 0.462. The summed E-state index contributed by atoms with van der Waals surface area (Å²) in [7, 11) is 0. The highest BCUT2D eigenvalue weighted by atomic mass is 16.5. The number of carbonyl (C=O) groups excluding carboxylic acids is 1. The summed E-state index contributed by atoms with van der Waals surface area (Å²) in [6.45, 7) is 0. The van der Waals surface area contributed by atoms with E-state index in [1.54, 1.807) is 0 Å². The lowest BCUT2D eigenvalue weighted by Gasteiger charge is -2.25. The molecule has 1 aromatic rings. The highest BCUT2D eigenvalue weighted by molar-refractivity contribution is 5.70. The number of nitrogen functional groups attached to an aromatic ring is 1. The third-order valence-corrected chi connectivity index (χ3v) is 2.92. The van der Waals surface area contributed by atoms with Crippen molar-refractivity contribution in [2.24, 2.45) is 0 Å². The minimum Gasteiger partial charge on any atom is -0.462 e. The maximum absolute atomic E-state index is 11.5. The Bertz CT molecular complexity index is 372. The predicted octanol–water partition coefficient (Wildman–Crippen LogP) is 2.30. The van der Waals surface area contributed by atoms with Gasteiger partial charge in [-0.25, -0.2) is 0 Å². The first-order valence-corrected chi connectivity index (χ1v) is 5.78. The van der Waals surface area contributed by atoms with Crippen molar-refractivity contribution in [2.45, 2.75) is 38.2 Å². The zero-order chi connectivity index (χ0) is 11.4. The highest BCUT2D eigenvalue weighted by Gasteiger charge is 2.21. The molecule has 2 rings (SSSR count). The van der Waals surface area contributed by atoms with Crippen molar-refractivity contribution in [1.29, 1.82) is 0 Å². The van der Waals surface area contributed by atoms with Gasteiger partial charge in [-0.15, -0.1) is 0 Å². The number of anilines is 1. The predicted molar refractivity (Wildman–Crippen MR) is 62.9 cm³/mol. The van der Waals surface area contributed by atoms with Gasteiger partial charge in [0.05, 0.1) is 0 Å². The van der Waals surface area contributed by atoms with E-state index in [0.29, 0.717) is 12.8 Å². The van der Waals surface area contributed by atoms with Crippen LogP contribution in [0, 0.1) is 0 Å². The number of rotatable bonds is 4. The van der Waals surface area contributed by atoms with Gasteiger partial charge in [-0.05, 0) is 43.4 Å². The molecule has 16 heavy (non-hydrogen) atoms. The quantitative estimate of drug-likeness (QED) is 0.624. The van der Waals surface area contributed by atoms with E-state index in [2.05, 4.69) is 0 Å². The van der Waals surface area contributed by atoms with Gasteiger partial charge in [0.1, 0.15) is 6.10 Å². The van der Waals surface area contributed by atoms with Crippen LogP contribution in [0.3, 0.4) is 0 Å². The van der Waals surface area contributed by atoms with E-state index in [9.17, 15) is 4.79 Å². The van der Waals surface area contributed by atoms with Crippen LogP contribution in [0.4, 0.5) is 5.69 Å². The second-order valence-electron chi connectivity index (χ2n) is 4.29. The van der Waals surface area contributed by atoms with Crippen LogP contribution in [0.1, 0.15) is 31.2 Å². The van der Waals surface area contributed by atoms with Crippen LogP contribution in [0.15, 0.2) is 24.3 Å². The van der Waals surface area contributed by atoms with E-state index in [-0.39, 0.29) is 12.1 Å². The van der Waals surface area contributed by atoms with Gasteiger partial charge in [-0.3, -0.25) is 4.79 Å². The van der Waals surface area contributed by atoms with Crippen LogP contribution in [0.2, 0.25) is 0 Å². The van der Waals surface area contributed by atoms with E-state index in [4.69, 9.17) is 10.5 Å². The molecule has 0 radical (unpaired) electrons. The Hall–Kier alpha value is -1.51. The maximum atomic E-state index is 11.5. The van der Waals surface area contributed by atoms with Gasteiger partial charge in [-0.2, -0.15) is 0 Å². The third-order valence-electron chi connectivity index (χ3n) is 2.92. The number of benzene rings is 1. The molecule has 0 spiro atoms. The van der Waals surface area contributed by atoms with Crippen LogP contribution in [0.25, 0.3) is 0 Å². The van der Waals surface area contributed by atoms with E-state index in [1.807, 2.05) is 24.3 Å². The number of hydrogen-bond donors (Lipinski definition) is 1. The minimum absolute atomic E-state index is 0.0906. The second-order valence-corrected chi connectivity index (χ2v) is 4.29. The molecule has 0 amide bonds. The molecule has 0 bridgehead atoms.